The van der Waals surface area contributed by atoms with Crippen LogP contribution in [0.3, 0.4) is 0 Å². The number of hydrogen-bond acceptors (Lipinski definition) is 3. The lowest BCUT2D eigenvalue weighted by Gasteiger charge is -2.04. The van der Waals surface area contributed by atoms with Crippen molar-refractivity contribution in [3.05, 3.63) is 29.3 Å². The first-order valence-corrected chi connectivity index (χ1v) is 3.61. The van der Waals surface area contributed by atoms with E-state index in [0.29, 0.717) is 0 Å². The number of rotatable bonds is 2. The van der Waals surface area contributed by atoms with E-state index in [1.165, 1.54) is 26.3 Å². The van der Waals surface area contributed by atoms with Gasteiger partial charge in [-0.05, 0) is 13.0 Å². The number of aromatic nitrogens is 1. The molecular weight excluding hydrogens is 175 g/mol. The molecule has 0 atom stereocenters. The zero-order valence-corrected chi connectivity index (χ0v) is 7.30. The van der Waals surface area contributed by atoms with Crippen molar-refractivity contribution in [2.75, 3.05) is 7.11 Å². The largest absolute Gasteiger partial charge is 0.277 e. The van der Waals surface area contributed by atoms with E-state index in [1.807, 2.05) is 0 Å². The molecule has 0 radical (unpaired) electrons. The van der Waals surface area contributed by atoms with Gasteiger partial charge in [-0.3, -0.25) is 9.63 Å². The molecule has 0 saturated heterocycles. The van der Waals surface area contributed by atoms with E-state index in [0.717, 1.165) is 0 Å². The zero-order chi connectivity index (χ0) is 9.84. The maximum absolute atomic E-state index is 12.8. The first-order valence-electron chi connectivity index (χ1n) is 3.61. The molecular formula is C8H9FN2O2. The van der Waals surface area contributed by atoms with Gasteiger partial charge in [-0.25, -0.2) is 10.5 Å². The second-order valence-electron chi connectivity index (χ2n) is 2.41. The number of nitrogens with one attached hydrogen (secondary N) is 1. The number of hydroxylamine groups is 1. The Balaban J connectivity index is 3.01. The molecule has 0 aliphatic heterocycles. The quantitative estimate of drug-likeness (QED) is 0.546. The summed E-state index contributed by atoms with van der Waals surface area (Å²) in [6.45, 7) is 1.48. The minimum Gasteiger partial charge on any atom is -0.277 e. The van der Waals surface area contributed by atoms with E-state index in [-0.39, 0.29) is 11.1 Å². The van der Waals surface area contributed by atoms with Crippen molar-refractivity contribution in [1.29, 1.82) is 0 Å². The van der Waals surface area contributed by atoms with Gasteiger partial charge in [-0.2, -0.15) is 4.39 Å². The normalized spacial score (nSPS) is 9.77. The summed E-state index contributed by atoms with van der Waals surface area (Å²) in [6.07, 6.45) is 1.23. The predicted molar refractivity (Wildman–Crippen MR) is 43.4 cm³/mol. The van der Waals surface area contributed by atoms with Crippen LogP contribution in [0.5, 0.6) is 0 Å². The second-order valence-corrected chi connectivity index (χ2v) is 2.41. The molecule has 4 nitrogen and oxygen atoms in total. The molecule has 70 valence electrons. The molecule has 1 rings (SSSR count). The number of carbonyl (C=O) groups excluding carboxylic acids is 1. The first-order chi connectivity index (χ1) is 6.16. The van der Waals surface area contributed by atoms with Gasteiger partial charge < -0.3 is 0 Å². The van der Waals surface area contributed by atoms with Crippen LogP contribution >= 0.6 is 0 Å². The number of amides is 1. The van der Waals surface area contributed by atoms with Gasteiger partial charge in [-0.15, -0.1) is 0 Å². The molecule has 0 bridgehead atoms. The summed E-state index contributed by atoms with van der Waals surface area (Å²) in [6, 6.07) is 1.42. The van der Waals surface area contributed by atoms with Crippen LogP contribution in [0, 0.1) is 12.9 Å². The standard InChI is InChI=1S/C8H9FN2O2/c1-5-6(8(12)11-13-2)3-4-10-7(5)9/h3-4H,1-2H3,(H,11,12). The molecule has 0 fully saturated rings. The third-order valence-corrected chi connectivity index (χ3v) is 1.58. The Morgan fingerprint density at radius 2 is 2.38 bits per heavy atom. The van der Waals surface area contributed by atoms with Crippen LogP contribution in [0.15, 0.2) is 12.3 Å². The maximum Gasteiger partial charge on any atom is 0.275 e. The average Bonchev–Trinajstić information content (AvgIpc) is 2.10. The van der Waals surface area contributed by atoms with Crippen molar-refractivity contribution < 1.29 is 14.0 Å². The van der Waals surface area contributed by atoms with Gasteiger partial charge >= 0.3 is 0 Å². The molecule has 0 aliphatic rings. The minimum atomic E-state index is -0.649. The molecule has 1 heterocycles. The van der Waals surface area contributed by atoms with Crippen LogP contribution < -0.4 is 5.48 Å². The highest BCUT2D eigenvalue weighted by atomic mass is 19.1. The van der Waals surface area contributed by atoms with Crippen LogP contribution in [0.25, 0.3) is 0 Å². The maximum atomic E-state index is 12.8. The number of halogens is 1. The molecule has 0 aliphatic carbocycles. The highest BCUT2D eigenvalue weighted by molar-refractivity contribution is 5.94. The molecule has 0 spiro atoms. The Morgan fingerprint density at radius 1 is 1.69 bits per heavy atom. The Labute approximate surface area is 74.7 Å². The van der Waals surface area contributed by atoms with Crippen LogP contribution in [0.2, 0.25) is 0 Å². The molecule has 0 saturated carbocycles. The summed E-state index contributed by atoms with van der Waals surface area (Å²) in [5, 5.41) is 0. The summed E-state index contributed by atoms with van der Waals surface area (Å²) < 4.78 is 12.8. The van der Waals surface area contributed by atoms with Crippen LogP contribution in [0.1, 0.15) is 15.9 Å². The average molecular weight is 184 g/mol. The van der Waals surface area contributed by atoms with E-state index in [1.54, 1.807) is 0 Å². The number of nitrogens with zero attached hydrogens (tertiary/aromatic N) is 1. The van der Waals surface area contributed by atoms with Gasteiger partial charge in [0.25, 0.3) is 5.91 Å². The van der Waals surface area contributed by atoms with E-state index >= 15 is 0 Å². The lowest BCUT2D eigenvalue weighted by molar-refractivity contribution is 0.0536. The fourth-order valence-corrected chi connectivity index (χ4v) is 0.904. The second kappa shape index (κ2) is 3.95. The van der Waals surface area contributed by atoms with E-state index < -0.39 is 11.9 Å². The Bertz CT molecular complexity index is 328. The smallest absolute Gasteiger partial charge is 0.275 e. The highest BCUT2D eigenvalue weighted by Crippen LogP contribution is 2.08. The number of pyridine rings is 1. The lowest BCUT2D eigenvalue weighted by Crippen LogP contribution is -2.23. The van der Waals surface area contributed by atoms with E-state index in [9.17, 15) is 9.18 Å². The van der Waals surface area contributed by atoms with Crippen molar-refractivity contribution in [3.8, 4) is 0 Å². The van der Waals surface area contributed by atoms with Crippen LogP contribution in [-0.2, 0) is 4.84 Å². The zero-order valence-electron chi connectivity index (χ0n) is 7.30. The van der Waals surface area contributed by atoms with Gasteiger partial charge in [0, 0.05) is 11.8 Å². The molecule has 1 amide bonds. The van der Waals surface area contributed by atoms with Crippen molar-refractivity contribution in [2.24, 2.45) is 0 Å². The monoisotopic (exact) mass is 184 g/mol. The highest BCUT2D eigenvalue weighted by Gasteiger charge is 2.11. The third-order valence-electron chi connectivity index (χ3n) is 1.58. The Hall–Kier alpha value is -1.49. The molecule has 1 aromatic rings. The molecule has 5 heteroatoms. The Morgan fingerprint density at radius 3 is 3.00 bits per heavy atom. The lowest BCUT2D eigenvalue weighted by atomic mass is 10.1. The molecule has 1 N–H and O–H groups in total. The summed E-state index contributed by atoms with van der Waals surface area (Å²) >= 11 is 0. The molecule has 13 heavy (non-hydrogen) atoms. The van der Waals surface area contributed by atoms with Gasteiger partial charge in [-0.1, -0.05) is 0 Å². The topological polar surface area (TPSA) is 51.2 Å². The fraction of sp³-hybridized carbons (Fsp3) is 0.250. The van der Waals surface area contributed by atoms with Crippen molar-refractivity contribution >= 4 is 5.91 Å². The van der Waals surface area contributed by atoms with Gasteiger partial charge in [0.1, 0.15) is 0 Å². The van der Waals surface area contributed by atoms with Gasteiger partial charge in [0.15, 0.2) is 0 Å². The predicted octanol–water partition coefficient (Wildman–Crippen LogP) is 0.820. The van der Waals surface area contributed by atoms with E-state index in [2.05, 4.69) is 15.3 Å². The summed E-state index contributed by atoms with van der Waals surface area (Å²) in [4.78, 5) is 19.0. The van der Waals surface area contributed by atoms with Gasteiger partial charge in [0.05, 0.1) is 12.7 Å². The van der Waals surface area contributed by atoms with Crippen molar-refractivity contribution in [2.45, 2.75) is 6.92 Å². The van der Waals surface area contributed by atoms with E-state index in [4.69, 9.17) is 0 Å². The fourth-order valence-electron chi connectivity index (χ4n) is 0.904. The summed E-state index contributed by atoms with van der Waals surface area (Å²) in [5.74, 6) is -1.13. The van der Waals surface area contributed by atoms with Crippen molar-refractivity contribution in [1.82, 2.24) is 10.5 Å². The summed E-state index contributed by atoms with van der Waals surface area (Å²) in [7, 11) is 1.31. The SMILES string of the molecule is CONC(=O)c1ccnc(F)c1C. The van der Waals surface area contributed by atoms with Gasteiger partial charge in [0.2, 0.25) is 5.95 Å². The minimum absolute atomic E-state index is 0.206. The Kier molecular flexibility index (Phi) is 2.92. The van der Waals surface area contributed by atoms with Crippen LogP contribution in [0.4, 0.5) is 4.39 Å². The first kappa shape index (κ1) is 9.60. The van der Waals surface area contributed by atoms with Crippen LogP contribution in [-0.4, -0.2) is 18.0 Å². The number of carbonyl (C=O) groups is 1. The number of hydrogen-bond donors (Lipinski definition) is 1. The molecule has 0 unspecified atom stereocenters. The summed E-state index contributed by atoms with van der Waals surface area (Å²) in [5.41, 5.74) is 2.52. The molecule has 1 aromatic heterocycles. The van der Waals surface area contributed by atoms with Crippen molar-refractivity contribution in [3.63, 3.8) is 0 Å². The third kappa shape index (κ3) is 2.00. The molecule has 0 aromatic carbocycles.